The van der Waals surface area contributed by atoms with Crippen molar-refractivity contribution in [3.8, 4) is 0 Å². The van der Waals surface area contributed by atoms with Crippen molar-refractivity contribution in [1.82, 2.24) is 0 Å². The Balaban J connectivity index is 2.57. The quantitative estimate of drug-likeness (QED) is 0.747. The van der Waals surface area contributed by atoms with E-state index in [1.165, 1.54) is 5.56 Å². The number of aliphatic hydroxyl groups excluding tert-OH is 1. The number of hydrogen-bond donors (Lipinski definition) is 1. The summed E-state index contributed by atoms with van der Waals surface area (Å²) in [4.78, 5) is 0. The molecule has 1 unspecified atom stereocenters. The first-order chi connectivity index (χ1) is 6.36. The van der Waals surface area contributed by atoms with Crippen molar-refractivity contribution in [3.05, 3.63) is 42.0 Å². The molecule has 0 bridgehead atoms. The lowest BCUT2D eigenvalue weighted by molar-refractivity contribution is 0.250. The molecule has 13 heavy (non-hydrogen) atoms. The Morgan fingerprint density at radius 1 is 1.31 bits per heavy atom. The van der Waals surface area contributed by atoms with Crippen LogP contribution in [-0.4, -0.2) is 11.7 Å². The Kier molecular flexibility index (Phi) is 4.27. The van der Waals surface area contributed by atoms with Crippen LogP contribution in [0.5, 0.6) is 0 Å². The second-order valence-corrected chi connectivity index (χ2v) is 3.12. The molecule has 0 amide bonds. The topological polar surface area (TPSA) is 20.2 Å². The smallest absolute Gasteiger partial charge is 0.0493 e. The summed E-state index contributed by atoms with van der Waals surface area (Å²) in [5.74, 6) is 0.292. The number of rotatable bonds is 4. The van der Waals surface area contributed by atoms with Gasteiger partial charge in [0, 0.05) is 6.61 Å². The molecule has 1 heteroatoms. The normalized spacial score (nSPS) is 13.4. The van der Waals surface area contributed by atoms with Crippen LogP contribution >= 0.6 is 0 Å². The van der Waals surface area contributed by atoms with E-state index in [-0.39, 0.29) is 6.61 Å². The summed E-state index contributed by atoms with van der Waals surface area (Å²) >= 11 is 0. The lowest BCUT2D eigenvalue weighted by Gasteiger charge is -2.03. The number of aliphatic hydroxyl groups is 1. The summed E-state index contributed by atoms with van der Waals surface area (Å²) in [6.07, 6.45) is 5.11. The second kappa shape index (κ2) is 5.55. The molecule has 0 spiro atoms. The van der Waals surface area contributed by atoms with Gasteiger partial charge in [-0.25, -0.2) is 0 Å². The molecule has 0 saturated heterocycles. The molecule has 0 radical (unpaired) electrons. The molecule has 0 aromatic heterocycles. The predicted octanol–water partition coefficient (Wildman–Crippen LogP) is 2.72. The van der Waals surface area contributed by atoms with Gasteiger partial charge in [0.05, 0.1) is 0 Å². The lowest BCUT2D eigenvalue weighted by atomic mass is 10.1. The van der Waals surface area contributed by atoms with Crippen LogP contribution in [0.2, 0.25) is 0 Å². The van der Waals surface area contributed by atoms with Crippen LogP contribution in [0.3, 0.4) is 0 Å². The van der Waals surface area contributed by atoms with Crippen LogP contribution in [-0.2, 0) is 0 Å². The fourth-order valence-electron chi connectivity index (χ4n) is 1.14. The Morgan fingerprint density at radius 2 is 2.00 bits per heavy atom. The third kappa shape index (κ3) is 3.43. The van der Waals surface area contributed by atoms with E-state index in [9.17, 15) is 0 Å². The standard InChI is InChI=1S/C12H16O/c1-2-11(10-13)8-9-12-6-4-3-5-7-12/h3-9,11,13H,2,10H2,1H3/b9-8+. The van der Waals surface area contributed by atoms with Gasteiger partial charge in [-0.1, -0.05) is 49.4 Å². The first-order valence-electron chi connectivity index (χ1n) is 4.71. The van der Waals surface area contributed by atoms with E-state index < -0.39 is 0 Å². The van der Waals surface area contributed by atoms with Gasteiger partial charge in [-0.15, -0.1) is 0 Å². The van der Waals surface area contributed by atoms with E-state index in [0.29, 0.717) is 5.92 Å². The summed E-state index contributed by atoms with van der Waals surface area (Å²) in [5.41, 5.74) is 1.19. The van der Waals surface area contributed by atoms with E-state index in [4.69, 9.17) is 5.11 Å². The van der Waals surface area contributed by atoms with E-state index in [2.05, 4.69) is 31.2 Å². The third-order valence-corrected chi connectivity index (χ3v) is 2.12. The van der Waals surface area contributed by atoms with E-state index in [1.54, 1.807) is 0 Å². The Hall–Kier alpha value is -1.08. The van der Waals surface area contributed by atoms with Crippen molar-refractivity contribution >= 4 is 6.08 Å². The fourth-order valence-corrected chi connectivity index (χ4v) is 1.14. The predicted molar refractivity (Wildman–Crippen MR) is 56.3 cm³/mol. The van der Waals surface area contributed by atoms with E-state index in [0.717, 1.165) is 6.42 Å². The molecule has 1 nitrogen and oxygen atoms in total. The molecular formula is C12H16O. The van der Waals surface area contributed by atoms with Crippen molar-refractivity contribution in [1.29, 1.82) is 0 Å². The minimum absolute atomic E-state index is 0.236. The Bertz CT molecular complexity index is 247. The van der Waals surface area contributed by atoms with Crippen molar-refractivity contribution in [2.45, 2.75) is 13.3 Å². The molecule has 0 fully saturated rings. The van der Waals surface area contributed by atoms with Gasteiger partial charge in [0.15, 0.2) is 0 Å². The molecule has 1 aromatic carbocycles. The van der Waals surface area contributed by atoms with Gasteiger partial charge in [-0.05, 0) is 17.9 Å². The Labute approximate surface area is 79.7 Å². The van der Waals surface area contributed by atoms with Gasteiger partial charge in [0.2, 0.25) is 0 Å². The highest BCUT2D eigenvalue weighted by atomic mass is 16.3. The highest BCUT2D eigenvalue weighted by Gasteiger charge is 1.97. The molecule has 0 heterocycles. The molecule has 1 rings (SSSR count). The summed E-state index contributed by atoms with van der Waals surface area (Å²) in [6, 6.07) is 10.1. The maximum absolute atomic E-state index is 8.95. The molecule has 0 saturated carbocycles. The number of hydrogen-bond acceptors (Lipinski definition) is 1. The van der Waals surface area contributed by atoms with Crippen LogP contribution in [0.25, 0.3) is 6.08 Å². The van der Waals surface area contributed by atoms with Crippen molar-refractivity contribution < 1.29 is 5.11 Å². The summed E-state index contributed by atoms with van der Waals surface area (Å²) in [5, 5.41) is 8.95. The summed E-state index contributed by atoms with van der Waals surface area (Å²) in [7, 11) is 0. The first-order valence-corrected chi connectivity index (χ1v) is 4.71. The van der Waals surface area contributed by atoms with Crippen LogP contribution in [0, 0.1) is 5.92 Å². The average Bonchev–Trinajstić information content (AvgIpc) is 2.21. The SMILES string of the molecule is CCC(/C=C/c1ccccc1)CO. The zero-order chi connectivity index (χ0) is 9.52. The molecule has 0 aliphatic rings. The first kappa shape index (κ1) is 10.0. The van der Waals surface area contributed by atoms with Crippen molar-refractivity contribution in [2.24, 2.45) is 5.92 Å². The van der Waals surface area contributed by atoms with Crippen LogP contribution in [0.15, 0.2) is 36.4 Å². The van der Waals surface area contributed by atoms with E-state index >= 15 is 0 Å². The van der Waals surface area contributed by atoms with E-state index in [1.807, 2.05) is 18.2 Å². The van der Waals surface area contributed by atoms with Gasteiger partial charge in [0.1, 0.15) is 0 Å². The number of benzene rings is 1. The molecule has 0 aliphatic carbocycles. The second-order valence-electron chi connectivity index (χ2n) is 3.12. The minimum atomic E-state index is 0.236. The largest absolute Gasteiger partial charge is 0.396 e. The molecule has 70 valence electrons. The maximum atomic E-state index is 8.95. The highest BCUT2D eigenvalue weighted by Crippen LogP contribution is 2.07. The zero-order valence-electron chi connectivity index (χ0n) is 7.98. The van der Waals surface area contributed by atoms with Gasteiger partial charge < -0.3 is 5.11 Å². The summed E-state index contributed by atoms with van der Waals surface area (Å²) < 4.78 is 0. The molecular weight excluding hydrogens is 160 g/mol. The van der Waals surface area contributed by atoms with Gasteiger partial charge in [-0.2, -0.15) is 0 Å². The Morgan fingerprint density at radius 3 is 2.54 bits per heavy atom. The maximum Gasteiger partial charge on any atom is 0.0493 e. The van der Waals surface area contributed by atoms with Crippen molar-refractivity contribution in [3.63, 3.8) is 0 Å². The minimum Gasteiger partial charge on any atom is -0.396 e. The van der Waals surface area contributed by atoms with Crippen LogP contribution in [0.4, 0.5) is 0 Å². The highest BCUT2D eigenvalue weighted by molar-refractivity contribution is 5.48. The van der Waals surface area contributed by atoms with Crippen molar-refractivity contribution in [2.75, 3.05) is 6.61 Å². The van der Waals surface area contributed by atoms with Gasteiger partial charge >= 0.3 is 0 Å². The molecule has 1 aromatic rings. The van der Waals surface area contributed by atoms with Crippen LogP contribution < -0.4 is 0 Å². The average molecular weight is 176 g/mol. The van der Waals surface area contributed by atoms with Gasteiger partial charge in [0.25, 0.3) is 0 Å². The molecule has 0 aliphatic heterocycles. The third-order valence-electron chi connectivity index (χ3n) is 2.12. The van der Waals surface area contributed by atoms with Gasteiger partial charge in [-0.3, -0.25) is 0 Å². The zero-order valence-corrected chi connectivity index (χ0v) is 7.98. The monoisotopic (exact) mass is 176 g/mol. The molecule has 1 atom stereocenters. The fraction of sp³-hybridized carbons (Fsp3) is 0.333. The molecule has 1 N–H and O–H groups in total. The lowest BCUT2D eigenvalue weighted by Crippen LogP contribution is -1.99. The van der Waals surface area contributed by atoms with Crippen LogP contribution in [0.1, 0.15) is 18.9 Å². The summed E-state index contributed by atoms with van der Waals surface area (Å²) in [6.45, 7) is 2.32.